The first-order chi connectivity index (χ1) is 11.5. The summed E-state index contributed by atoms with van der Waals surface area (Å²) in [6.07, 6.45) is 0. The van der Waals surface area contributed by atoms with E-state index in [1.54, 1.807) is 42.5 Å². The van der Waals surface area contributed by atoms with E-state index in [1.807, 2.05) is 0 Å². The van der Waals surface area contributed by atoms with Crippen molar-refractivity contribution in [2.24, 2.45) is 0 Å². The Bertz CT molecular complexity index is 881. The molecule has 1 heterocycles. The number of carboxylic acids is 1. The molecule has 0 aliphatic rings. The van der Waals surface area contributed by atoms with E-state index >= 15 is 0 Å². The lowest BCUT2D eigenvalue weighted by atomic mass is 10.1. The first-order valence-electron chi connectivity index (χ1n) is 6.86. The van der Waals surface area contributed by atoms with Crippen molar-refractivity contribution in [3.8, 4) is 11.4 Å². The van der Waals surface area contributed by atoms with Gasteiger partial charge in [-0.05, 0) is 35.9 Å². The Balaban J connectivity index is 1.69. The minimum atomic E-state index is -0.937. The van der Waals surface area contributed by atoms with E-state index in [0.717, 1.165) is 11.1 Å². The number of nitrogens with zero attached hydrogens (tertiary/aromatic N) is 2. The summed E-state index contributed by atoms with van der Waals surface area (Å²) in [5, 5.41) is 17.5. The third-order valence-electron chi connectivity index (χ3n) is 3.22. The standard InChI is InChI=1S/C16H11Cl2N3O2S/c17-11-5-6-12(13(18)7-11)14-19-16(21-20-14)24-8-9-1-3-10(4-2-9)15(22)23/h1-7H,8H2,(H,22,23)(H,19,20,21). The number of rotatable bonds is 5. The molecule has 122 valence electrons. The number of thioether (sulfide) groups is 1. The van der Waals surface area contributed by atoms with E-state index in [-0.39, 0.29) is 5.56 Å². The fourth-order valence-corrected chi connectivity index (χ4v) is 3.26. The molecule has 5 nitrogen and oxygen atoms in total. The van der Waals surface area contributed by atoms with E-state index in [0.29, 0.717) is 26.8 Å². The second-order valence-electron chi connectivity index (χ2n) is 4.88. The number of aromatic carboxylic acids is 1. The number of carboxylic acid groups (broad SMARTS) is 1. The Morgan fingerprint density at radius 2 is 1.92 bits per heavy atom. The molecule has 1 aromatic heterocycles. The van der Waals surface area contributed by atoms with Crippen LogP contribution in [0, 0.1) is 0 Å². The Labute approximate surface area is 152 Å². The molecule has 0 fully saturated rings. The minimum absolute atomic E-state index is 0.265. The first kappa shape index (κ1) is 16.8. The van der Waals surface area contributed by atoms with Gasteiger partial charge < -0.3 is 5.11 Å². The molecule has 0 saturated carbocycles. The zero-order valence-corrected chi connectivity index (χ0v) is 14.5. The van der Waals surface area contributed by atoms with Crippen LogP contribution in [-0.4, -0.2) is 26.3 Å². The molecule has 3 rings (SSSR count). The SMILES string of the molecule is O=C(O)c1ccc(CSc2n[nH]c(-c3ccc(Cl)cc3Cl)n2)cc1. The molecule has 0 aliphatic heterocycles. The molecule has 2 aromatic carbocycles. The van der Waals surface area contributed by atoms with Crippen molar-refractivity contribution >= 4 is 40.9 Å². The van der Waals surface area contributed by atoms with Gasteiger partial charge in [0.15, 0.2) is 5.82 Å². The zero-order valence-electron chi connectivity index (χ0n) is 12.2. The van der Waals surface area contributed by atoms with Crippen molar-refractivity contribution in [2.45, 2.75) is 10.9 Å². The smallest absolute Gasteiger partial charge is 0.335 e. The van der Waals surface area contributed by atoms with Crippen LogP contribution < -0.4 is 0 Å². The summed E-state index contributed by atoms with van der Waals surface area (Å²) in [5.41, 5.74) is 1.98. The number of aromatic nitrogens is 3. The van der Waals surface area contributed by atoms with Gasteiger partial charge in [-0.15, -0.1) is 5.10 Å². The van der Waals surface area contributed by atoms with Crippen molar-refractivity contribution in [1.29, 1.82) is 0 Å². The van der Waals surface area contributed by atoms with Gasteiger partial charge in [-0.1, -0.05) is 47.1 Å². The summed E-state index contributed by atoms with van der Waals surface area (Å²) in [7, 11) is 0. The summed E-state index contributed by atoms with van der Waals surface area (Å²) in [6, 6.07) is 11.9. The van der Waals surface area contributed by atoms with Crippen LogP contribution in [0.15, 0.2) is 47.6 Å². The van der Waals surface area contributed by atoms with Gasteiger partial charge >= 0.3 is 5.97 Å². The molecule has 8 heteroatoms. The molecule has 3 aromatic rings. The van der Waals surface area contributed by atoms with Gasteiger partial charge in [0, 0.05) is 16.3 Å². The van der Waals surface area contributed by atoms with E-state index < -0.39 is 5.97 Å². The summed E-state index contributed by atoms with van der Waals surface area (Å²) >= 11 is 13.5. The lowest BCUT2D eigenvalue weighted by Crippen LogP contribution is -1.95. The maximum Gasteiger partial charge on any atom is 0.335 e. The van der Waals surface area contributed by atoms with Crippen LogP contribution in [0.5, 0.6) is 0 Å². The normalized spacial score (nSPS) is 10.8. The number of nitrogens with one attached hydrogen (secondary N) is 1. The molecular formula is C16H11Cl2N3O2S. The third kappa shape index (κ3) is 3.90. The number of H-pyrrole nitrogens is 1. The van der Waals surface area contributed by atoms with E-state index in [1.165, 1.54) is 11.8 Å². The Morgan fingerprint density at radius 1 is 1.17 bits per heavy atom. The van der Waals surface area contributed by atoms with Crippen LogP contribution in [0.4, 0.5) is 0 Å². The maximum absolute atomic E-state index is 10.8. The van der Waals surface area contributed by atoms with Crippen molar-refractivity contribution in [2.75, 3.05) is 0 Å². The largest absolute Gasteiger partial charge is 0.478 e. The topological polar surface area (TPSA) is 78.9 Å². The number of benzene rings is 2. The van der Waals surface area contributed by atoms with Crippen molar-refractivity contribution in [1.82, 2.24) is 15.2 Å². The molecule has 2 N–H and O–H groups in total. The van der Waals surface area contributed by atoms with Crippen LogP contribution >= 0.6 is 35.0 Å². The lowest BCUT2D eigenvalue weighted by Gasteiger charge is -2.00. The van der Waals surface area contributed by atoms with Crippen molar-refractivity contribution in [3.05, 3.63) is 63.6 Å². The summed E-state index contributed by atoms with van der Waals surface area (Å²) in [6.45, 7) is 0. The number of aromatic amines is 1. The quantitative estimate of drug-likeness (QED) is 0.624. The highest BCUT2D eigenvalue weighted by Gasteiger charge is 2.10. The monoisotopic (exact) mass is 379 g/mol. The van der Waals surface area contributed by atoms with Crippen LogP contribution in [0.2, 0.25) is 10.0 Å². The highest BCUT2D eigenvalue weighted by Crippen LogP contribution is 2.29. The van der Waals surface area contributed by atoms with Crippen LogP contribution in [0.25, 0.3) is 11.4 Å². The van der Waals surface area contributed by atoms with Gasteiger partial charge in [-0.25, -0.2) is 9.78 Å². The molecule has 0 spiro atoms. The van der Waals surface area contributed by atoms with Crippen molar-refractivity contribution < 1.29 is 9.90 Å². The molecule has 0 radical (unpaired) electrons. The molecule has 0 amide bonds. The second kappa shape index (κ2) is 7.25. The number of halogens is 2. The molecule has 0 saturated heterocycles. The second-order valence-corrected chi connectivity index (χ2v) is 6.67. The van der Waals surface area contributed by atoms with Crippen LogP contribution in [-0.2, 0) is 5.75 Å². The predicted octanol–water partition coefficient (Wildman–Crippen LogP) is 4.77. The van der Waals surface area contributed by atoms with Gasteiger partial charge in [0.1, 0.15) is 0 Å². The van der Waals surface area contributed by atoms with E-state index in [9.17, 15) is 4.79 Å². The Hall–Kier alpha value is -2.02. The molecule has 24 heavy (non-hydrogen) atoms. The van der Waals surface area contributed by atoms with Gasteiger partial charge in [0.05, 0.1) is 10.6 Å². The molecule has 0 bridgehead atoms. The highest BCUT2D eigenvalue weighted by molar-refractivity contribution is 7.98. The number of hydrogen-bond donors (Lipinski definition) is 2. The van der Waals surface area contributed by atoms with Gasteiger partial charge in [0.25, 0.3) is 0 Å². The molecule has 0 atom stereocenters. The number of hydrogen-bond acceptors (Lipinski definition) is 4. The molecule has 0 unspecified atom stereocenters. The predicted molar refractivity (Wildman–Crippen MR) is 94.8 cm³/mol. The van der Waals surface area contributed by atoms with Gasteiger partial charge in [-0.3, -0.25) is 5.10 Å². The number of carbonyl (C=O) groups is 1. The summed E-state index contributed by atoms with van der Waals surface area (Å²) in [4.78, 5) is 15.2. The Morgan fingerprint density at radius 3 is 2.58 bits per heavy atom. The summed E-state index contributed by atoms with van der Waals surface area (Å²) < 4.78 is 0. The summed E-state index contributed by atoms with van der Waals surface area (Å²) in [5.74, 6) is 0.263. The Kier molecular flexibility index (Phi) is 5.08. The molecular weight excluding hydrogens is 369 g/mol. The molecule has 0 aliphatic carbocycles. The average molecular weight is 380 g/mol. The van der Waals surface area contributed by atoms with Crippen LogP contribution in [0.1, 0.15) is 15.9 Å². The minimum Gasteiger partial charge on any atom is -0.478 e. The maximum atomic E-state index is 10.8. The lowest BCUT2D eigenvalue weighted by molar-refractivity contribution is 0.0697. The average Bonchev–Trinajstić information content (AvgIpc) is 3.02. The zero-order chi connectivity index (χ0) is 17.1. The van der Waals surface area contributed by atoms with Crippen LogP contribution in [0.3, 0.4) is 0 Å². The first-order valence-corrected chi connectivity index (χ1v) is 8.60. The van der Waals surface area contributed by atoms with Crippen molar-refractivity contribution in [3.63, 3.8) is 0 Å². The van der Waals surface area contributed by atoms with E-state index in [2.05, 4.69) is 15.2 Å². The fourth-order valence-electron chi connectivity index (χ4n) is 2.00. The third-order valence-corrected chi connectivity index (χ3v) is 4.69. The fraction of sp³-hybridized carbons (Fsp3) is 0.0625. The highest BCUT2D eigenvalue weighted by atomic mass is 35.5. The van der Waals surface area contributed by atoms with Gasteiger partial charge in [-0.2, -0.15) is 0 Å². The van der Waals surface area contributed by atoms with E-state index in [4.69, 9.17) is 28.3 Å². The van der Waals surface area contributed by atoms with Gasteiger partial charge in [0.2, 0.25) is 5.16 Å².